The average Bonchev–Trinajstić information content (AvgIpc) is 3.00. The summed E-state index contributed by atoms with van der Waals surface area (Å²) in [6.45, 7) is 12.3. The van der Waals surface area contributed by atoms with E-state index in [2.05, 4.69) is 81.6 Å². The van der Waals surface area contributed by atoms with Gasteiger partial charge in [0.1, 0.15) is 0 Å². The van der Waals surface area contributed by atoms with Crippen LogP contribution in [0.2, 0.25) is 0 Å². The molecule has 0 saturated carbocycles. The molecule has 0 aliphatic carbocycles. The molecule has 2 N–H and O–H groups in total. The molecule has 1 fully saturated rings. The molecular weight excluding hydrogens is 362 g/mol. The van der Waals surface area contributed by atoms with Gasteiger partial charge in [0, 0.05) is 76.4 Å². The lowest BCUT2D eigenvalue weighted by Crippen LogP contribution is -2.53. The number of nitrogens with zero attached hydrogens (tertiary/aromatic N) is 5. The summed E-state index contributed by atoms with van der Waals surface area (Å²) in [4.78, 5) is 9.40. The van der Waals surface area contributed by atoms with Crippen molar-refractivity contribution in [2.45, 2.75) is 33.4 Å². The van der Waals surface area contributed by atoms with Crippen LogP contribution < -0.4 is 15.5 Å². The van der Waals surface area contributed by atoms with Crippen molar-refractivity contribution >= 4 is 11.6 Å². The molecule has 2 heterocycles. The second-order valence-electron chi connectivity index (χ2n) is 7.79. The molecule has 0 amide bonds. The van der Waals surface area contributed by atoms with E-state index in [4.69, 9.17) is 0 Å². The summed E-state index contributed by atoms with van der Waals surface area (Å²) >= 11 is 0. The maximum Gasteiger partial charge on any atom is 0.191 e. The summed E-state index contributed by atoms with van der Waals surface area (Å²) in [7, 11) is 3.81. The van der Waals surface area contributed by atoms with Gasteiger partial charge in [0.25, 0.3) is 0 Å². The topological polar surface area (TPSA) is 60.7 Å². The highest BCUT2D eigenvalue weighted by Gasteiger charge is 2.21. The van der Waals surface area contributed by atoms with E-state index in [1.54, 1.807) is 0 Å². The van der Waals surface area contributed by atoms with Crippen LogP contribution in [0.15, 0.2) is 35.3 Å². The Bertz CT molecular complexity index is 804. The quantitative estimate of drug-likeness (QED) is 0.576. The first-order valence-corrected chi connectivity index (χ1v) is 10.5. The predicted octanol–water partition coefficient (Wildman–Crippen LogP) is 1.91. The SMILES string of the molecule is CN=C(NCc1c(C)nn(C)c1C)NCC(C)N1CCN(c2ccccc2)CC1. The summed E-state index contributed by atoms with van der Waals surface area (Å²) in [5.74, 6) is 0.836. The number of hydrogen-bond donors (Lipinski definition) is 2. The Kier molecular flexibility index (Phi) is 7.14. The first-order valence-electron chi connectivity index (χ1n) is 10.5. The lowest BCUT2D eigenvalue weighted by atomic mass is 10.2. The van der Waals surface area contributed by atoms with Crippen molar-refractivity contribution in [2.24, 2.45) is 12.0 Å². The normalized spacial score (nSPS) is 16.7. The first-order chi connectivity index (χ1) is 14.0. The monoisotopic (exact) mass is 397 g/mol. The predicted molar refractivity (Wildman–Crippen MR) is 121 cm³/mol. The summed E-state index contributed by atoms with van der Waals surface area (Å²) in [6, 6.07) is 11.1. The van der Waals surface area contributed by atoms with Gasteiger partial charge in [-0.25, -0.2) is 0 Å². The first kappa shape index (κ1) is 21.2. The number of anilines is 1. The molecule has 1 atom stereocenters. The van der Waals surface area contributed by atoms with Crippen molar-refractivity contribution in [1.82, 2.24) is 25.3 Å². The maximum atomic E-state index is 4.48. The zero-order valence-electron chi connectivity index (χ0n) is 18.4. The molecule has 0 radical (unpaired) electrons. The number of para-hydroxylation sites is 1. The Hall–Kier alpha value is -2.54. The van der Waals surface area contributed by atoms with Crippen LogP contribution >= 0.6 is 0 Å². The number of aryl methyl sites for hydroxylation is 2. The molecule has 1 unspecified atom stereocenters. The van der Waals surface area contributed by atoms with Gasteiger partial charge >= 0.3 is 0 Å². The fraction of sp³-hybridized carbons (Fsp3) is 0.545. The number of rotatable bonds is 6. The smallest absolute Gasteiger partial charge is 0.191 e. The van der Waals surface area contributed by atoms with Crippen LogP contribution in [0.5, 0.6) is 0 Å². The van der Waals surface area contributed by atoms with E-state index in [1.165, 1.54) is 16.9 Å². The summed E-state index contributed by atoms with van der Waals surface area (Å²) in [5.41, 5.74) is 4.82. The molecule has 3 rings (SSSR count). The van der Waals surface area contributed by atoms with E-state index >= 15 is 0 Å². The molecule has 2 aromatic rings. The minimum atomic E-state index is 0.452. The summed E-state index contributed by atoms with van der Waals surface area (Å²) < 4.78 is 1.93. The highest BCUT2D eigenvalue weighted by atomic mass is 15.3. The zero-order chi connectivity index (χ0) is 20.8. The number of hydrogen-bond acceptors (Lipinski definition) is 4. The van der Waals surface area contributed by atoms with Gasteiger partial charge in [-0.15, -0.1) is 0 Å². The Morgan fingerprint density at radius 3 is 2.38 bits per heavy atom. The zero-order valence-corrected chi connectivity index (χ0v) is 18.4. The molecule has 158 valence electrons. The van der Waals surface area contributed by atoms with E-state index in [1.807, 2.05) is 18.8 Å². The van der Waals surface area contributed by atoms with Crippen molar-refractivity contribution in [3.8, 4) is 0 Å². The number of guanidine groups is 1. The number of nitrogens with one attached hydrogen (secondary N) is 2. The molecule has 29 heavy (non-hydrogen) atoms. The lowest BCUT2D eigenvalue weighted by molar-refractivity contribution is 0.197. The van der Waals surface area contributed by atoms with Gasteiger partial charge in [-0.05, 0) is 32.9 Å². The minimum Gasteiger partial charge on any atom is -0.369 e. The molecule has 7 nitrogen and oxygen atoms in total. The van der Waals surface area contributed by atoms with E-state index in [0.29, 0.717) is 6.04 Å². The molecule has 1 aliphatic heterocycles. The van der Waals surface area contributed by atoms with Gasteiger partial charge in [0.05, 0.1) is 5.69 Å². The van der Waals surface area contributed by atoms with Crippen molar-refractivity contribution in [1.29, 1.82) is 0 Å². The average molecular weight is 398 g/mol. The van der Waals surface area contributed by atoms with E-state index < -0.39 is 0 Å². The molecule has 0 spiro atoms. The Morgan fingerprint density at radius 1 is 1.10 bits per heavy atom. The van der Waals surface area contributed by atoms with Crippen molar-refractivity contribution in [3.05, 3.63) is 47.3 Å². The molecule has 1 saturated heterocycles. The highest BCUT2D eigenvalue weighted by Crippen LogP contribution is 2.16. The van der Waals surface area contributed by atoms with E-state index in [9.17, 15) is 0 Å². The Balaban J connectivity index is 1.44. The third-order valence-electron chi connectivity index (χ3n) is 5.94. The third-order valence-corrected chi connectivity index (χ3v) is 5.94. The fourth-order valence-corrected chi connectivity index (χ4v) is 3.90. The number of aromatic nitrogens is 2. The van der Waals surface area contributed by atoms with Crippen LogP contribution in [-0.4, -0.2) is 66.5 Å². The van der Waals surface area contributed by atoms with Crippen LogP contribution in [0.4, 0.5) is 5.69 Å². The van der Waals surface area contributed by atoms with Crippen molar-refractivity contribution in [3.63, 3.8) is 0 Å². The van der Waals surface area contributed by atoms with Crippen LogP contribution in [0.25, 0.3) is 0 Å². The van der Waals surface area contributed by atoms with E-state index in [0.717, 1.165) is 50.9 Å². The molecule has 0 bridgehead atoms. The largest absolute Gasteiger partial charge is 0.369 e. The fourth-order valence-electron chi connectivity index (χ4n) is 3.90. The molecule has 1 aromatic heterocycles. The van der Waals surface area contributed by atoms with Crippen LogP contribution in [0.3, 0.4) is 0 Å². The van der Waals surface area contributed by atoms with Crippen molar-refractivity contribution in [2.75, 3.05) is 44.7 Å². The second-order valence-corrected chi connectivity index (χ2v) is 7.79. The number of aliphatic imine (C=N–C) groups is 1. The van der Waals surface area contributed by atoms with Gasteiger partial charge in [0.15, 0.2) is 5.96 Å². The van der Waals surface area contributed by atoms with Crippen molar-refractivity contribution < 1.29 is 0 Å². The minimum absolute atomic E-state index is 0.452. The van der Waals surface area contributed by atoms with Gasteiger partial charge in [-0.2, -0.15) is 5.10 Å². The Morgan fingerprint density at radius 2 is 1.79 bits per heavy atom. The maximum absolute atomic E-state index is 4.48. The molecule has 7 heteroatoms. The number of benzene rings is 1. The summed E-state index contributed by atoms with van der Waals surface area (Å²) in [5, 5.41) is 11.4. The van der Waals surface area contributed by atoms with Gasteiger partial charge in [-0.1, -0.05) is 18.2 Å². The molecule has 1 aliphatic rings. The Labute approximate surface area is 174 Å². The van der Waals surface area contributed by atoms with E-state index in [-0.39, 0.29) is 0 Å². The molecule has 1 aromatic carbocycles. The highest BCUT2D eigenvalue weighted by molar-refractivity contribution is 5.79. The van der Waals surface area contributed by atoms with Crippen LogP contribution in [0, 0.1) is 13.8 Å². The second kappa shape index (κ2) is 9.78. The van der Waals surface area contributed by atoms with Gasteiger partial charge in [0.2, 0.25) is 0 Å². The lowest BCUT2D eigenvalue weighted by Gasteiger charge is -2.39. The van der Waals surface area contributed by atoms with Crippen LogP contribution in [0.1, 0.15) is 23.9 Å². The van der Waals surface area contributed by atoms with Gasteiger partial charge < -0.3 is 15.5 Å². The van der Waals surface area contributed by atoms with Crippen LogP contribution in [-0.2, 0) is 13.6 Å². The van der Waals surface area contributed by atoms with Gasteiger partial charge in [-0.3, -0.25) is 14.6 Å². The summed E-state index contributed by atoms with van der Waals surface area (Å²) in [6.07, 6.45) is 0. The standard InChI is InChI=1S/C22H35N7/c1-17(28-11-13-29(14-12-28)20-9-7-6-8-10-20)15-24-22(23-4)25-16-21-18(2)26-27(5)19(21)3/h6-10,17H,11-16H2,1-5H3,(H2,23,24,25). The third kappa shape index (κ3) is 5.29. The molecular formula is C22H35N7. The number of piperazine rings is 1.